The molecule has 0 amide bonds. The molecule has 2 aliphatic rings. The van der Waals surface area contributed by atoms with Crippen molar-refractivity contribution in [2.24, 2.45) is 0 Å². The van der Waals surface area contributed by atoms with Crippen molar-refractivity contribution in [3.8, 4) is 33.4 Å². The molecule has 1 heterocycles. The van der Waals surface area contributed by atoms with Crippen molar-refractivity contribution in [3.05, 3.63) is 156 Å². The predicted octanol–water partition coefficient (Wildman–Crippen LogP) is 13.3. The highest BCUT2D eigenvalue weighted by molar-refractivity contribution is 7.26. The van der Waals surface area contributed by atoms with Gasteiger partial charge in [-0.2, -0.15) is 0 Å². The summed E-state index contributed by atoms with van der Waals surface area (Å²) in [5.41, 5.74) is 13.4. The first-order chi connectivity index (χ1) is 23.3. The van der Waals surface area contributed by atoms with Gasteiger partial charge in [0.05, 0.1) is 0 Å². The average molecular weight is 617 g/mol. The van der Waals surface area contributed by atoms with Crippen LogP contribution in [-0.4, -0.2) is 0 Å². The molecule has 0 unspecified atom stereocenters. The molecule has 0 atom stereocenters. The minimum atomic E-state index is 1.09. The van der Waals surface area contributed by atoms with Gasteiger partial charge in [0.1, 0.15) is 0 Å². The number of aryl methyl sites for hydroxylation is 2. The van der Waals surface area contributed by atoms with Crippen LogP contribution in [0.5, 0.6) is 0 Å². The third kappa shape index (κ3) is 4.27. The van der Waals surface area contributed by atoms with E-state index in [1.165, 1.54) is 97.4 Å². The van der Waals surface area contributed by atoms with Gasteiger partial charge in [0.25, 0.3) is 0 Å². The van der Waals surface area contributed by atoms with E-state index in [2.05, 4.69) is 146 Å². The zero-order valence-corrected chi connectivity index (χ0v) is 26.9. The van der Waals surface area contributed by atoms with Crippen LogP contribution in [0.3, 0.4) is 0 Å². The molecule has 1 aromatic heterocycles. The highest BCUT2D eigenvalue weighted by Crippen LogP contribution is 2.44. The van der Waals surface area contributed by atoms with Crippen molar-refractivity contribution < 1.29 is 0 Å². The molecule has 2 aliphatic carbocycles. The third-order valence-corrected chi connectivity index (χ3v) is 11.7. The molecule has 1 heteroatoms. The maximum atomic E-state index is 2.43. The standard InChI is InChI=1S/C46H32S/c1-2-12-35-30(9-1)23-26-43-42-18-8-17-36(45(42)47-46(35)43)31-21-19-29(20-22-31)32-10-7-11-33(27-32)34-24-25-41-39-15-4-3-13-37(39)38-14-5-6-16-40(38)44(41)28-34/h2-5,7-8,10-15,17-28H,1,6,9,16H2. The van der Waals surface area contributed by atoms with Gasteiger partial charge in [-0.15, -0.1) is 11.3 Å². The first kappa shape index (κ1) is 26.9. The van der Waals surface area contributed by atoms with Gasteiger partial charge in [0, 0.05) is 20.2 Å². The van der Waals surface area contributed by atoms with E-state index < -0.39 is 0 Å². The molecule has 222 valence electrons. The number of allylic oxidation sites excluding steroid dienone is 2. The Labute approximate surface area is 278 Å². The summed E-state index contributed by atoms with van der Waals surface area (Å²) >= 11 is 1.95. The first-order valence-electron chi connectivity index (χ1n) is 16.8. The maximum absolute atomic E-state index is 2.43. The summed E-state index contributed by atoms with van der Waals surface area (Å²) in [6.07, 6.45) is 13.8. The zero-order valence-electron chi connectivity index (χ0n) is 26.1. The van der Waals surface area contributed by atoms with Crippen LogP contribution in [0, 0.1) is 0 Å². The summed E-state index contributed by atoms with van der Waals surface area (Å²) in [5, 5.41) is 8.20. The molecular weight excluding hydrogens is 585 g/mol. The topological polar surface area (TPSA) is 0 Å². The van der Waals surface area contributed by atoms with Crippen LogP contribution in [0.15, 0.2) is 133 Å². The van der Waals surface area contributed by atoms with Crippen LogP contribution in [0.4, 0.5) is 0 Å². The Morgan fingerprint density at radius 3 is 1.94 bits per heavy atom. The molecule has 0 bridgehead atoms. The van der Waals surface area contributed by atoms with E-state index >= 15 is 0 Å². The molecule has 0 N–H and O–H groups in total. The molecule has 0 fully saturated rings. The Kier molecular flexibility index (Phi) is 6.11. The van der Waals surface area contributed by atoms with Gasteiger partial charge < -0.3 is 0 Å². The molecule has 0 saturated heterocycles. The van der Waals surface area contributed by atoms with E-state index in [4.69, 9.17) is 0 Å². The molecule has 10 rings (SSSR count). The van der Waals surface area contributed by atoms with Crippen molar-refractivity contribution in [2.45, 2.75) is 25.7 Å². The van der Waals surface area contributed by atoms with Crippen LogP contribution in [0.1, 0.15) is 35.1 Å². The minimum Gasteiger partial charge on any atom is -0.134 e. The van der Waals surface area contributed by atoms with Crippen molar-refractivity contribution >= 4 is 65.2 Å². The van der Waals surface area contributed by atoms with Crippen LogP contribution in [0.25, 0.3) is 87.2 Å². The second kappa shape index (κ2) is 10.7. The van der Waals surface area contributed by atoms with Crippen LogP contribution in [0.2, 0.25) is 0 Å². The van der Waals surface area contributed by atoms with Gasteiger partial charge in [0.2, 0.25) is 0 Å². The summed E-state index contributed by atoms with van der Waals surface area (Å²) in [6.45, 7) is 0. The molecule has 7 aromatic carbocycles. The van der Waals surface area contributed by atoms with E-state index in [1.54, 1.807) is 0 Å². The number of fused-ring (bicyclic) bond motifs is 11. The SMILES string of the molecule is C1=Cc2c(ccc3c2sc2c(-c4ccc(-c5cccc(-c6ccc7c(c6)c6c(c8ccccc87)C=CCC6)c5)cc4)cccc23)CC1. The van der Waals surface area contributed by atoms with Gasteiger partial charge in [-0.1, -0.05) is 133 Å². The van der Waals surface area contributed by atoms with Crippen molar-refractivity contribution in [1.29, 1.82) is 0 Å². The lowest BCUT2D eigenvalue weighted by atomic mass is 9.85. The smallest absolute Gasteiger partial charge is 0.0434 e. The number of benzene rings is 7. The van der Waals surface area contributed by atoms with Crippen molar-refractivity contribution in [1.82, 2.24) is 0 Å². The van der Waals surface area contributed by atoms with E-state index in [0.29, 0.717) is 0 Å². The third-order valence-electron chi connectivity index (χ3n) is 10.4. The zero-order chi connectivity index (χ0) is 30.9. The molecule has 0 aliphatic heterocycles. The van der Waals surface area contributed by atoms with Gasteiger partial charge in [0.15, 0.2) is 0 Å². The van der Waals surface area contributed by atoms with Gasteiger partial charge >= 0.3 is 0 Å². The quantitative estimate of drug-likeness (QED) is 0.173. The average Bonchev–Trinajstić information content (AvgIpc) is 3.55. The fourth-order valence-corrected chi connectivity index (χ4v) is 9.45. The second-order valence-electron chi connectivity index (χ2n) is 13.0. The highest BCUT2D eigenvalue weighted by atomic mass is 32.1. The number of thiophene rings is 1. The monoisotopic (exact) mass is 616 g/mol. The van der Waals surface area contributed by atoms with E-state index in [0.717, 1.165) is 25.7 Å². The van der Waals surface area contributed by atoms with Crippen molar-refractivity contribution in [3.63, 3.8) is 0 Å². The maximum Gasteiger partial charge on any atom is 0.0434 e. The second-order valence-corrected chi connectivity index (χ2v) is 14.1. The van der Waals surface area contributed by atoms with Crippen LogP contribution in [-0.2, 0) is 12.8 Å². The summed E-state index contributed by atoms with van der Waals surface area (Å²) in [5.74, 6) is 0. The number of hydrogen-bond acceptors (Lipinski definition) is 1. The number of rotatable bonds is 3. The summed E-state index contributed by atoms with van der Waals surface area (Å²) in [4.78, 5) is 0. The lowest BCUT2D eigenvalue weighted by molar-refractivity contribution is 0.990. The lowest BCUT2D eigenvalue weighted by Crippen LogP contribution is -1.98. The fourth-order valence-electron chi connectivity index (χ4n) is 8.07. The Bertz CT molecular complexity index is 2610. The minimum absolute atomic E-state index is 1.09. The number of hydrogen-bond donors (Lipinski definition) is 0. The fraction of sp³-hybridized carbons (Fsp3) is 0.0870. The van der Waals surface area contributed by atoms with Crippen molar-refractivity contribution in [2.75, 3.05) is 0 Å². The molecule has 0 spiro atoms. The van der Waals surface area contributed by atoms with E-state index in [9.17, 15) is 0 Å². The molecule has 47 heavy (non-hydrogen) atoms. The molecule has 0 saturated carbocycles. The van der Waals surface area contributed by atoms with Gasteiger partial charge in [-0.05, 0) is 115 Å². The molecule has 0 nitrogen and oxygen atoms in total. The Morgan fingerprint density at radius 1 is 0.404 bits per heavy atom. The predicted molar refractivity (Wildman–Crippen MR) is 205 cm³/mol. The highest BCUT2D eigenvalue weighted by Gasteiger charge is 2.17. The Morgan fingerprint density at radius 2 is 1.04 bits per heavy atom. The van der Waals surface area contributed by atoms with E-state index in [1.807, 2.05) is 11.3 Å². The van der Waals surface area contributed by atoms with Crippen LogP contribution < -0.4 is 0 Å². The summed E-state index contributed by atoms with van der Waals surface area (Å²) in [6, 6.07) is 45.7. The van der Waals surface area contributed by atoms with Gasteiger partial charge in [-0.25, -0.2) is 0 Å². The summed E-state index contributed by atoms with van der Waals surface area (Å²) < 4.78 is 2.81. The lowest BCUT2D eigenvalue weighted by Gasteiger charge is -2.18. The van der Waals surface area contributed by atoms with E-state index in [-0.39, 0.29) is 0 Å². The van der Waals surface area contributed by atoms with Gasteiger partial charge in [-0.3, -0.25) is 0 Å². The summed E-state index contributed by atoms with van der Waals surface area (Å²) in [7, 11) is 0. The Hall–Kier alpha value is -5.24. The Balaban J connectivity index is 1.03. The normalized spacial score (nSPS) is 13.9. The molecule has 0 radical (unpaired) electrons. The van der Waals surface area contributed by atoms with Crippen LogP contribution >= 0.6 is 11.3 Å². The first-order valence-corrected chi connectivity index (χ1v) is 17.6. The molecular formula is C46H32S. The largest absolute Gasteiger partial charge is 0.134 e. The molecule has 8 aromatic rings.